The van der Waals surface area contributed by atoms with Crippen LogP contribution in [0.4, 0.5) is 0 Å². The predicted molar refractivity (Wildman–Crippen MR) is 124 cm³/mol. The van der Waals surface area contributed by atoms with E-state index >= 15 is 0 Å². The fourth-order valence-electron chi connectivity index (χ4n) is 4.75. The maximum Gasteiger partial charge on any atom is 0.261 e. The number of thiophene rings is 1. The third-order valence-corrected chi connectivity index (χ3v) is 7.64. The van der Waals surface area contributed by atoms with Gasteiger partial charge in [0.1, 0.15) is 5.82 Å². The molecule has 1 saturated heterocycles. The molecule has 2 aromatic heterocycles. The smallest absolute Gasteiger partial charge is 0.261 e. The van der Waals surface area contributed by atoms with Crippen LogP contribution in [0.3, 0.4) is 0 Å². The number of fused-ring (bicyclic) bond motifs is 2. The summed E-state index contributed by atoms with van der Waals surface area (Å²) in [5.41, 5.74) is 1.17. The minimum Gasteiger partial charge on any atom is -0.350 e. The number of hydrogen-bond acceptors (Lipinski definition) is 5. The van der Waals surface area contributed by atoms with Crippen LogP contribution < -0.4 is 10.9 Å². The van der Waals surface area contributed by atoms with Crippen molar-refractivity contribution < 1.29 is 4.79 Å². The third kappa shape index (κ3) is 4.04. The van der Waals surface area contributed by atoms with Gasteiger partial charge < -0.3 is 5.32 Å². The zero-order valence-corrected chi connectivity index (χ0v) is 18.7. The number of nitrogens with one attached hydrogen (secondary N) is 1. The molecular formula is C24H28N4O2S. The minimum absolute atomic E-state index is 0.00143. The minimum atomic E-state index is -0.115. The van der Waals surface area contributed by atoms with E-state index in [0.29, 0.717) is 23.0 Å². The van der Waals surface area contributed by atoms with Crippen molar-refractivity contribution in [1.82, 2.24) is 19.8 Å². The van der Waals surface area contributed by atoms with Crippen LogP contribution in [0.15, 0.2) is 40.5 Å². The SMILES string of the molecule is CC1CCN([C@@H](CNC(=O)c2ccc3c(=O)n4c(nc3c2)CCC4)c2cccs2)CC1. The highest BCUT2D eigenvalue weighted by molar-refractivity contribution is 7.10. The monoisotopic (exact) mass is 436 g/mol. The highest BCUT2D eigenvalue weighted by Gasteiger charge is 2.26. The zero-order chi connectivity index (χ0) is 21.4. The van der Waals surface area contributed by atoms with Gasteiger partial charge in [0.15, 0.2) is 0 Å². The summed E-state index contributed by atoms with van der Waals surface area (Å²) in [7, 11) is 0. The number of carbonyl (C=O) groups is 1. The lowest BCUT2D eigenvalue weighted by atomic mass is 9.97. The molecule has 1 amide bonds. The average molecular weight is 437 g/mol. The molecule has 31 heavy (non-hydrogen) atoms. The van der Waals surface area contributed by atoms with Gasteiger partial charge in [0.2, 0.25) is 0 Å². The molecule has 3 aromatic rings. The number of benzene rings is 1. The highest BCUT2D eigenvalue weighted by Crippen LogP contribution is 2.29. The van der Waals surface area contributed by atoms with E-state index in [9.17, 15) is 9.59 Å². The van der Waals surface area contributed by atoms with E-state index in [1.807, 2.05) is 0 Å². The van der Waals surface area contributed by atoms with Gasteiger partial charge in [0, 0.05) is 30.0 Å². The number of carbonyl (C=O) groups excluding carboxylic acids is 1. The Hall–Kier alpha value is -2.51. The van der Waals surface area contributed by atoms with Crippen molar-refractivity contribution in [3.63, 3.8) is 0 Å². The van der Waals surface area contributed by atoms with Crippen molar-refractivity contribution in [2.24, 2.45) is 5.92 Å². The Kier molecular flexibility index (Phi) is 5.63. The molecule has 0 bridgehead atoms. The first kappa shape index (κ1) is 20.4. The molecule has 0 unspecified atom stereocenters. The molecule has 4 heterocycles. The van der Waals surface area contributed by atoms with E-state index in [0.717, 1.165) is 44.2 Å². The molecule has 5 rings (SSSR count). The predicted octanol–water partition coefficient (Wildman–Crippen LogP) is 3.61. The van der Waals surface area contributed by atoms with Crippen molar-refractivity contribution in [3.8, 4) is 0 Å². The Labute approximate surface area is 185 Å². The number of amides is 1. The molecule has 1 atom stereocenters. The van der Waals surface area contributed by atoms with E-state index in [1.54, 1.807) is 34.1 Å². The lowest BCUT2D eigenvalue weighted by Gasteiger charge is -2.36. The first-order chi connectivity index (χ1) is 15.1. The van der Waals surface area contributed by atoms with Crippen LogP contribution in [0.2, 0.25) is 0 Å². The molecule has 2 aliphatic rings. The second-order valence-corrected chi connectivity index (χ2v) is 9.76. The van der Waals surface area contributed by atoms with E-state index in [4.69, 9.17) is 0 Å². The van der Waals surface area contributed by atoms with Crippen LogP contribution >= 0.6 is 11.3 Å². The zero-order valence-electron chi connectivity index (χ0n) is 17.8. The van der Waals surface area contributed by atoms with Gasteiger partial charge in [-0.3, -0.25) is 19.1 Å². The molecule has 162 valence electrons. The highest BCUT2D eigenvalue weighted by atomic mass is 32.1. The fraction of sp³-hybridized carbons (Fsp3) is 0.458. The molecule has 1 fully saturated rings. The number of hydrogen-bond donors (Lipinski definition) is 1. The van der Waals surface area contributed by atoms with Gasteiger partial charge in [-0.25, -0.2) is 4.98 Å². The fourth-order valence-corrected chi connectivity index (χ4v) is 5.61. The Morgan fingerprint density at radius 2 is 2.10 bits per heavy atom. The quantitative estimate of drug-likeness (QED) is 0.664. The standard InChI is InChI=1S/C24H28N4O2S/c1-16-8-11-27(12-9-16)20(21-4-3-13-31-21)15-25-23(29)17-6-7-18-19(14-17)26-22-5-2-10-28(22)24(18)30/h3-4,6-7,13-14,16,20H,2,5,8-12,15H2,1H3,(H,25,29)/t20-/m0/s1. The maximum atomic E-state index is 13.0. The van der Waals surface area contributed by atoms with Gasteiger partial charge in [-0.2, -0.15) is 0 Å². The Bertz CT molecular complexity index is 1150. The van der Waals surface area contributed by atoms with Gasteiger partial charge in [-0.15, -0.1) is 11.3 Å². The van der Waals surface area contributed by atoms with Crippen molar-refractivity contribution in [1.29, 1.82) is 0 Å². The lowest BCUT2D eigenvalue weighted by Crippen LogP contribution is -2.41. The van der Waals surface area contributed by atoms with E-state index in [2.05, 4.69) is 39.6 Å². The second-order valence-electron chi connectivity index (χ2n) is 8.78. The van der Waals surface area contributed by atoms with E-state index in [1.165, 1.54) is 17.7 Å². The molecule has 7 heteroatoms. The van der Waals surface area contributed by atoms with Crippen LogP contribution in [0.5, 0.6) is 0 Å². The third-order valence-electron chi connectivity index (χ3n) is 6.67. The second kappa shape index (κ2) is 8.55. The van der Waals surface area contributed by atoms with Crippen molar-refractivity contribution >= 4 is 28.1 Å². The Morgan fingerprint density at radius 3 is 2.87 bits per heavy atom. The average Bonchev–Trinajstić information content (AvgIpc) is 3.47. The first-order valence-electron chi connectivity index (χ1n) is 11.2. The normalized spacial score (nSPS) is 18.2. The topological polar surface area (TPSA) is 67.2 Å². The number of rotatable bonds is 5. The summed E-state index contributed by atoms with van der Waals surface area (Å²) in [6.45, 7) is 5.75. The van der Waals surface area contributed by atoms with Crippen LogP contribution in [-0.2, 0) is 13.0 Å². The molecule has 0 saturated carbocycles. The van der Waals surface area contributed by atoms with Gasteiger partial charge in [-0.1, -0.05) is 13.0 Å². The molecule has 2 aliphatic heterocycles. The van der Waals surface area contributed by atoms with Crippen molar-refractivity contribution in [3.05, 3.63) is 62.3 Å². The van der Waals surface area contributed by atoms with Crippen molar-refractivity contribution in [2.75, 3.05) is 19.6 Å². The number of nitrogens with zero attached hydrogens (tertiary/aromatic N) is 3. The first-order valence-corrected chi connectivity index (χ1v) is 12.1. The van der Waals surface area contributed by atoms with Crippen molar-refractivity contribution in [2.45, 2.75) is 45.2 Å². The summed E-state index contributed by atoms with van der Waals surface area (Å²) in [5.74, 6) is 1.48. The summed E-state index contributed by atoms with van der Waals surface area (Å²) >= 11 is 1.75. The van der Waals surface area contributed by atoms with E-state index < -0.39 is 0 Å². The summed E-state index contributed by atoms with van der Waals surface area (Å²) < 4.78 is 1.76. The molecule has 0 aliphatic carbocycles. The molecule has 0 radical (unpaired) electrons. The van der Waals surface area contributed by atoms with Crippen LogP contribution in [0.25, 0.3) is 10.9 Å². The summed E-state index contributed by atoms with van der Waals surface area (Å²) in [6.07, 6.45) is 4.17. The van der Waals surface area contributed by atoms with Gasteiger partial charge in [0.05, 0.1) is 16.9 Å². The summed E-state index contributed by atoms with van der Waals surface area (Å²) in [4.78, 5) is 34.1. The molecular weight excluding hydrogens is 408 g/mol. The van der Waals surface area contributed by atoms with Crippen LogP contribution in [-0.4, -0.2) is 40.0 Å². The Morgan fingerprint density at radius 1 is 1.26 bits per heavy atom. The van der Waals surface area contributed by atoms with Crippen LogP contribution in [0.1, 0.15) is 53.3 Å². The molecule has 1 N–H and O–H groups in total. The molecule has 1 aromatic carbocycles. The number of aromatic nitrogens is 2. The summed E-state index contributed by atoms with van der Waals surface area (Å²) in [6, 6.07) is 9.68. The largest absolute Gasteiger partial charge is 0.350 e. The van der Waals surface area contributed by atoms with Gasteiger partial charge >= 0.3 is 0 Å². The molecule has 6 nitrogen and oxygen atoms in total. The Balaban J connectivity index is 1.34. The molecule has 0 spiro atoms. The summed E-state index contributed by atoms with van der Waals surface area (Å²) in [5, 5.41) is 5.83. The number of piperidine rings is 1. The van der Waals surface area contributed by atoms with E-state index in [-0.39, 0.29) is 17.5 Å². The van der Waals surface area contributed by atoms with Gasteiger partial charge in [0.25, 0.3) is 11.5 Å². The maximum absolute atomic E-state index is 13.0. The lowest BCUT2D eigenvalue weighted by molar-refractivity contribution is 0.0915. The number of likely N-dealkylation sites (tertiary alicyclic amines) is 1. The number of aryl methyl sites for hydroxylation is 1. The van der Waals surface area contributed by atoms with Gasteiger partial charge in [-0.05, 0) is 67.9 Å². The van der Waals surface area contributed by atoms with Crippen LogP contribution in [0, 0.1) is 5.92 Å².